The molecule has 226 valence electrons. The Hall–Kier alpha value is -3.96. The molecule has 1 N–H and O–H groups in total. The maximum Gasteiger partial charge on any atom is 0.387 e. The number of pyridine rings is 1. The van der Waals surface area contributed by atoms with Crippen LogP contribution in [0.15, 0.2) is 48.8 Å². The molecule has 5 rings (SSSR count). The molecule has 0 spiro atoms. The van der Waals surface area contributed by atoms with E-state index in [9.17, 15) is 23.2 Å². The van der Waals surface area contributed by atoms with Gasteiger partial charge in [0.05, 0.1) is 31.5 Å². The number of methoxy groups -OCH3 is 1. The molecular formula is C30H27Cl2F2N2O7+. The van der Waals surface area contributed by atoms with Crippen LogP contribution >= 0.6 is 23.2 Å². The third-order valence-corrected chi connectivity index (χ3v) is 7.86. The molecule has 2 aliphatic rings. The fourth-order valence-corrected chi connectivity index (χ4v) is 5.28. The Labute approximate surface area is 255 Å². The van der Waals surface area contributed by atoms with Gasteiger partial charge in [-0.25, -0.2) is 4.98 Å². The molecule has 3 aromatic rings. The largest absolute Gasteiger partial charge is 0.496 e. The lowest BCUT2D eigenvalue weighted by Crippen LogP contribution is -2.36. The molecule has 1 aliphatic carbocycles. The lowest BCUT2D eigenvalue weighted by atomic mass is 9.92. The zero-order chi connectivity index (χ0) is 30.7. The molecule has 0 unspecified atom stereocenters. The lowest BCUT2D eigenvalue weighted by molar-refractivity contribution is -0.377. The molecule has 2 amide bonds. The van der Waals surface area contributed by atoms with Crippen LogP contribution in [0.4, 0.5) is 8.78 Å². The van der Waals surface area contributed by atoms with Crippen molar-refractivity contribution < 1.29 is 47.1 Å². The number of fused-ring (bicyclic) bond motifs is 1. The van der Waals surface area contributed by atoms with Crippen molar-refractivity contribution in [3.63, 3.8) is 0 Å². The Balaban J connectivity index is 1.36. The van der Waals surface area contributed by atoms with E-state index in [2.05, 4.69) is 9.72 Å². The smallest absolute Gasteiger partial charge is 0.387 e. The van der Waals surface area contributed by atoms with Crippen molar-refractivity contribution in [3.05, 3.63) is 81.1 Å². The van der Waals surface area contributed by atoms with Crippen LogP contribution in [-0.2, 0) is 16.0 Å². The first-order valence-electron chi connectivity index (χ1n) is 13.4. The number of nitrogens with one attached hydrogen (secondary N) is 1. The number of rotatable bonds is 13. The lowest BCUT2D eigenvalue weighted by Gasteiger charge is -2.21. The fourth-order valence-electron chi connectivity index (χ4n) is 4.75. The number of imide groups is 1. The van der Waals surface area contributed by atoms with Crippen LogP contribution in [0.5, 0.6) is 17.2 Å². The van der Waals surface area contributed by atoms with Crippen molar-refractivity contribution in [3.8, 4) is 17.2 Å². The Morgan fingerprint density at radius 1 is 1.05 bits per heavy atom. The van der Waals surface area contributed by atoms with Crippen molar-refractivity contribution in [1.29, 1.82) is 0 Å². The second-order valence-corrected chi connectivity index (χ2v) is 10.9. The summed E-state index contributed by atoms with van der Waals surface area (Å²) in [6, 6.07) is 9.10. The van der Waals surface area contributed by atoms with Gasteiger partial charge in [-0.1, -0.05) is 35.3 Å². The van der Waals surface area contributed by atoms with Crippen LogP contribution < -0.4 is 19.2 Å². The highest BCUT2D eigenvalue weighted by atomic mass is 35.5. The van der Waals surface area contributed by atoms with Gasteiger partial charge in [-0.3, -0.25) is 19.3 Å². The van der Waals surface area contributed by atoms with Gasteiger partial charge in [0, 0.05) is 11.5 Å². The Morgan fingerprint density at radius 3 is 2.47 bits per heavy atom. The van der Waals surface area contributed by atoms with Crippen LogP contribution in [0.25, 0.3) is 0 Å². The predicted octanol–water partition coefficient (Wildman–Crippen LogP) is 5.37. The number of halogens is 4. The number of carbonyl (C=O) groups excluding carboxylic acids is 3. The van der Waals surface area contributed by atoms with E-state index < -0.39 is 36.9 Å². The van der Waals surface area contributed by atoms with E-state index in [-0.39, 0.29) is 41.4 Å². The maximum atomic E-state index is 13.1. The van der Waals surface area contributed by atoms with Crippen LogP contribution in [-0.4, -0.2) is 56.2 Å². The molecule has 13 heteroatoms. The van der Waals surface area contributed by atoms with Crippen molar-refractivity contribution in [2.75, 3.05) is 26.9 Å². The van der Waals surface area contributed by atoms with Crippen LogP contribution in [0, 0.1) is 5.92 Å². The van der Waals surface area contributed by atoms with Gasteiger partial charge in [0.1, 0.15) is 22.3 Å². The number of aromatic nitrogens is 1. The van der Waals surface area contributed by atoms with Crippen molar-refractivity contribution >= 4 is 41.0 Å². The number of H-pyrrole nitrogens is 1. The number of amides is 2. The van der Waals surface area contributed by atoms with Crippen LogP contribution in [0.1, 0.15) is 50.6 Å². The van der Waals surface area contributed by atoms with E-state index in [1.54, 1.807) is 36.7 Å². The molecular weight excluding hydrogens is 609 g/mol. The Kier molecular flexibility index (Phi) is 9.31. The fraction of sp³-hybridized carbons (Fsp3) is 0.333. The predicted molar refractivity (Wildman–Crippen MR) is 150 cm³/mol. The summed E-state index contributed by atoms with van der Waals surface area (Å²) in [5, 5.41) is 0.679. The summed E-state index contributed by atoms with van der Waals surface area (Å²) in [5.41, 5.74) is 1.34. The number of carbonyl (C=O) groups is 3. The summed E-state index contributed by atoms with van der Waals surface area (Å²) in [7, 11) is 1.38. The Morgan fingerprint density at radius 2 is 1.79 bits per heavy atom. The van der Waals surface area contributed by atoms with Gasteiger partial charge in [-0.15, -0.1) is 0 Å². The molecule has 0 bridgehead atoms. The quantitative estimate of drug-likeness (QED) is 0.184. The standard InChI is InChI=1S/C30H26Cl2F2N2O7/c1-40-24-4-2-3-19-27(24)29(39)36(28(19)38)13-26(37)42-15-18(9-20-21(31)11-35-12-22(20)32)17-7-8-23(43-30(33)34)25(10-17)41-14-16-5-6-16/h2-4,7-8,10-12,16,18,30H,5-6,9,13-15H2,1H3/p+1/t18-/m1/s1. The number of nitrogens with zero attached hydrogens (tertiary/aromatic N) is 1. The summed E-state index contributed by atoms with van der Waals surface area (Å²) >= 11 is 12.8. The minimum Gasteiger partial charge on any atom is -0.496 e. The first-order valence-corrected chi connectivity index (χ1v) is 14.2. The van der Waals surface area contributed by atoms with Gasteiger partial charge >= 0.3 is 12.6 Å². The average molecular weight is 636 g/mol. The zero-order valence-corrected chi connectivity index (χ0v) is 24.4. The van der Waals surface area contributed by atoms with E-state index in [4.69, 9.17) is 37.4 Å². The average Bonchev–Trinajstić information content (AvgIpc) is 3.78. The van der Waals surface area contributed by atoms with Gasteiger partial charge in [-0.2, -0.15) is 8.78 Å². The molecule has 1 aromatic heterocycles. The summed E-state index contributed by atoms with van der Waals surface area (Å²) in [6.07, 6.45) is 5.27. The van der Waals surface area contributed by atoms with Gasteiger partial charge in [0.2, 0.25) is 0 Å². The number of esters is 1. The SMILES string of the molecule is COc1cccc2c1C(=O)N(CC(=O)OC[C@@H](Cc1c(Cl)c[nH+]cc1Cl)c1ccc(OC(F)F)c(OCC3CC3)c1)C2=O. The highest BCUT2D eigenvalue weighted by molar-refractivity contribution is 6.35. The maximum absolute atomic E-state index is 13.1. The molecule has 1 saturated carbocycles. The van der Waals surface area contributed by atoms with Gasteiger partial charge in [0.25, 0.3) is 11.8 Å². The van der Waals surface area contributed by atoms with E-state index >= 15 is 0 Å². The molecule has 0 saturated heterocycles. The van der Waals surface area contributed by atoms with Crippen molar-refractivity contribution in [1.82, 2.24) is 4.90 Å². The molecule has 43 heavy (non-hydrogen) atoms. The summed E-state index contributed by atoms with van der Waals surface area (Å²) < 4.78 is 47.4. The molecule has 0 radical (unpaired) electrons. The number of benzene rings is 2. The summed E-state index contributed by atoms with van der Waals surface area (Å²) in [4.78, 5) is 42.4. The van der Waals surface area contributed by atoms with Crippen molar-refractivity contribution in [2.24, 2.45) is 5.92 Å². The first-order chi connectivity index (χ1) is 20.7. The second kappa shape index (κ2) is 13.1. The van der Waals surface area contributed by atoms with E-state index in [0.717, 1.165) is 17.7 Å². The van der Waals surface area contributed by atoms with Crippen LogP contribution in [0.2, 0.25) is 10.0 Å². The van der Waals surface area contributed by atoms with E-state index in [0.29, 0.717) is 33.7 Å². The Bertz CT molecular complexity index is 1530. The summed E-state index contributed by atoms with van der Waals surface area (Å²) in [6.45, 7) is -3.54. The minimum absolute atomic E-state index is 0.0793. The van der Waals surface area contributed by atoms with Crippen molar-refractivity contribution in [2.45, 2.75) is 31.8 Å². The zero-order valence-electron chi connectivity index (χ0n) is 22.9. The minimum atomic E-state index is -3.05. The topological polar surface area (TPSA) is 106 Å². The van der Waals surface area contributed by atoms with Gasteiger partial charge in [-0.05, 0) is 55.0 Å². The van der Waals surface area contributed by atoms with Gasteiger partial charge < -0.3 is 18.9 Å². The first kappa shape index (κ1) is 30.5. The molecule has 1 atom stereocenters. The molecule has 1 aliphatic heterocycles. The number of aromatic amines is 1. The molecule has 2 aromatic carbocycles. The number of hydrogen-bond acceptors (Lipinski definition) is 7. The second-order valence-electron chi connectivity index (χ2n) is 10.1. The van der Waals surface area contributed by atoms with Gasteiger partial charge in [0.15, 0.2) is 23.9 Å². The number of ether oxygens (including phenoxy) is 4. The number of hydrogen-bond donors (Lipinski definition) is 0. The molecule has 9 nitrogen and oxygen atoms in total. The molecule has 2 heterocycles. The van der Waals surface area contributed by atoms with E-state index in [1.807, 2.05) is 0 Å². The third kappa shape index (κ3) is 7.00. The van der Waals surface area contributed by atoms with E-state index in [1.165, 1.54) is 19.2 Å². The van der Waals surface area contributed by atoms with Crippen LogP contribution in [0.3, 0.4) is 0 Å². The normalized spacial score (nSPS) is 15.0. The monoisotopic (exact) mass is 635 g/mol. The molecule has 1 fully saturated rings. The third-order valence-electron chi connectivity index (χ3n) is 7.19. The highest BCUT2D eigenvalue weighted by Gasteiger charge is 2.39. The highest BCUT2D eigenvalue weighted by Crippen LogP contribution is 2.37. The summed E-state index contributed by atoms with van der Waals surface area (Å²) in [5.74, 6) is -2.15. The number of alkyl halides is 2.